The van der Waals surface area contributed by atoms with E-state index >= 15 is 0 Å². The number of benzene rings is 2. The van der Waals surface area contributed by atoms with Gasteiger partial charge >= 0.3 is 0 Å². The zero-order valence-corrected chi connectivity index (χ0v) is 14.4. The van der Waals surface area contributed by atoms with Crippen molar-refractivity contribution in [1.82, 2.24) is 5.32 Å². The molecule has 1 atom stereocenters. The highest BCUT2D eigenvalue weighted by molar-refractivity contribution is 7.99. The molecule has 0 bridgehead atoms. The van der Waals surface area contributed by atoms with E-state index in [4.69, 9.17) is 9.47 Å². The Morgan fingerprint density at radius 2 is 2.08 bits per heavy atom. The summed E-state index contributed by atoms with van der Waals surface area (Å²) in [7, 11) is 0. The van der Waals surface area contributed by atoms with E-state index in [1.165, 1.54) is 12.1 Å². The zero-order valence-electron chi connectivity index (χ0n) is 13.6. The summed E-state index contributed by atoms with van der Waals surface area (Å²) in [6.45, 7) is 0.245. The monoisotopic (exact) mass is 359 g/mol. The normalized spacial score (nSPS) is 17.9. The van der Waals surface area contributed by atoms with Crippen molar-refractivity contribution in [3.8, 4) is 11.5 Å². The fourth-order valence-corrected chi connectivity index (χ4v) is 4.24. The van der Waals surface area contributed by atoms with Gasteiger partial charge in [0, 0.05) is 17.1 Å². The number of halogens is 1. The lowest BCUT2D eigenvalue weighted by Crippen LogP contribution is -2.30. The van der Waals surface area contributed by atoms with Gasteiger partial charge < -0.3 is 14.8 Å². The average molecular weight is 359 g/mol. The van der Waals surface area contributed by atoms with E-state index < -0.39 is 0 Å². The fraction of sp³-hybridized carbons (Fsp3) is 0.316. The first-order valence-corrected chi connectivity index (χ1v) is 9.28. The molecule has 0 aromatic heterocycles. The number of fused-ring (bicyclic) bond motifs is 2. The van der Waals surface area contributed by atoms with Crippen molar-refractivity contribution in [2.75, 3.05) is 12.5 Å². The molecule has 2 aliphatic heterocycles. The summed E-state index contributed by atoms with van der Waals surface area (Å²) < 4.78 is 24.2. The van der Waals surface area contributed by atoms with E-state index in [0.717, 1.165) is 39.7 Å². The molecular formula is C19H18FNO3S. The maximum Gasteiger partial charge on any atom is 0.231 e. The van der Waals surface area contributed by atoms with Crippen molar-refractivity contribution in [3.63, 3.8) is 0 Å². The molecule has 2 aromatic rings. The second-order valence-electron chi connectivity index (χ2n) is 6.13. The molecule has 0 fully saturated rings. The van der Waals surface area contributed by atoms with Gasteiger partial charge in [-0.05, 0) is 54.3 Å². The molecule has 0 spiro atoms. The number of hydrogen-bond acceptors (Lipinski definition) is 4. The van der Waals surface area contributed by atoms with Crippen molar-refractivity contribution in [2.45, 2.75) is 30.2 Å². The minimum atomic E-state index is -0.263. The Bertz CT molecular complexity index is 811. The first-order valence-electron chi connectivity index (χ1n) is 8.29. The van der Waals surface area contributed by atoms with Crippen LogP contribution < -0.4 is 14.8 Å². The third-order valence-electron chi connectivity index (χ3n) is 4.42. The van der Waals surface area contributed by atoms with Crippen molar-refractivity contribution in [2.24, 2.45) is 0 Å². The topological polar surface area (TPSA) is 47.6 Å². The van der Waals surface area contributed by atoms with E-state index in [-0.39, 0.29) is 24.6 Å². The lowest BCUT2D eigenvalue weighted by molar-refractivity contribution is -0.121. The van der Waals surface area contributed by atoms with Gasteiger partial charge in [0.15, 0.2) is 11.5 Å². The Hall–Kier alpha value is -2.21. The van der Waals surface area contributed by atoms with Crippen molar-refractivity contribution >= 4 is 17.7 Å². The molecule has 0 aliphatic carbocycles. The maximum absolute atomic E-state index is 13.5. The molecule has 25 heavy (non-hydrogen) atoms. The van der Waals surface area contributed by atoms with Gasteiger partial charge in [0.25, 0.3) is 0 Å². The van der Waals surface area contributed by atoms with Crippen LogP contribution in [-0.4, -0.2) is 18.5 Å². The van der Waals surface area contributed by atoms with E-state index in [9.17, 15) is 9.18 Å². The Labute approximate surface area is 149 Å². The lowest BCUT2D eigenvalue weighted by atomic mass is 10.0. The molecule has 4 nitrogen and oxygen atoms in total. The van der Waals surface area contributed by atoms with Gasteiger partial charge in [-0.15, -0.1) is 11.8 Å². The molecule has 1 amide bonds. The van der Waals surface area contributed by atoms with E-state index in [0.29, 0.717) is 12.8 Å². The third-order valence-corrected chi connectivity index (χ3v) is 5.55. The standard InChI is InChI=1S/C19H18FNO3S/c20-13-3-5-18-14(10-13)15(7-8-25-18)21-19(22)6-2-12-1-4-16-17(9-12)24-11-23-16/h1,3-5,9-10,15H,2,6-8,11H2,(H,21,22). The number of carbonyl (C=O) groups excluding carboxylic acids is 1. The molecule has 0 saturated carbocycles. The van der Waals surface area contributed by atoms with Gasteiger partial charge in [0.2, 0.25) is 12.7 Å². The molecule has 0 radical (unpaired) electrons. The molecule has 2 aromatic carbocycles. The number of nitrogens with one attached hydrogen (secondary N) is 1. The van der Waals surface area contributed by atoms with Crippen molar-refractivity contribution in [1.29, 1.82) is 0 Å². The van der Waals surface area contributed by atoms with Crippen molar-refractivity contribution in [3.05, 3.63) is 53.3 Å². The largest absolute Gasteiger partial charge is 0.454 e. The minimum Gasteiger partial charge on any atom is -0.454 e. The lowest BCUT2D eigenvalue weighted by Gasteiger charge is -2.26. The van der Waals surface area contributed by atoms with Crippen LogP contribution in [0.2, 0.25) is 0 Å². The molecule has 2 heterocycles. The summed E-state index contributed by atoms with van der Waals surface area (Å²) in [6.07, 6.45) is 1.82. The van der Waals surface area contributed by atoms with Crippen LogP contribution in [0, 0.1) is 5.82 Å². The number of hydrogen-bond donors (Lipinski definition) is 1. The number of carbonyl (C=O) groups is 1. The van der Waals surface area contributed by atoms with Crippen LogP contribution in [-0.2, 0) is 11.2 Å². The van der Waals surface area contributed by atoms with Crippen LogP contribution in [0.1, 0.15) is 30.0 Å². The summed E-state index contributed by atoms with van der Waals surface area (Å²) >= 11 is 1.71. The fourth-order valence-electron chi connectivity index (χ4n) is 3.14. The molecule has 0 saturated heterocycles. The maximum atomic E-state index is 13.5. The summed E-state index contributed by atoms with van der Waals surface area (Å²) in [5, 5.41) is 3.05. The number of ether oxygens (including phenoxy) is 2. The smallest absolute Gasteiger partial charge is 0.231 e. The quantitative estimate of drug-likeness (QED) is 0.901. The van der Waals surface area contributed by atoms with Crippen molar-refractivity contribution < 1.29 is 18.7 Å². The highest BCUT2D eigenvalue weighted by Crippen LogP contribution is 2.36. The molecule has 1 N–H and O–H groups in total. The minimum absolute atomic E-state index is 0.0234. The summed E-state index contributed by atoms with van der Waals surface area (Å²) in [5.41, 5.74) is 1.91. The van der Waals surface area contributed by atoms with E-state index in [1.807, 2.05) is 18.2 Å². The van der Waals surface area contributed by atoms with Crippen LogP contribution in [0.4, 0.5) is 4.39 Å². The Balaban J connectivity index is 1.38. The first-order chi connectivity index (χ1) is 12.2. The molecule has 6 heteroatoms. The van der Waals surface area contributed by atoms with Gasteiger partial charge in [-0.1, -0.05) is 6.07 Å². The van der Waals surface area contributed by atoms with Gasteiger partial charge in [0.1, 0.15) is 5.82 Å². The summed E-state index contributed by atoms with van der Waals surface area (Å²) in [4.78, 5) is 13.4. The van der Waals surface area contributed by atoms with Crippen LogP contribution in [0.25, 0.3) is 0 Å². The molecule has 1 unspecified atom stereocenters. The van der Waals surface area contributed by atoms with E-state index in [1.54, 1.807) is 17.8 Å². The van der Waals surface area contributed by atoms with Gasteiger partial charge in [-0.25, -0.2) is 4.39 Å². The van der Waals surface area contributed by atoms with Crippen LogP contribution in [0.3, 0.4) is 0 Å². The number of amides is 1. The highest BCUT2D eigenvalue weighted by atomic mass is 32.2. The Kier molecular flexibility index (Phi) is 4.53. The van der Waals surface area contributed by atoms with Crippen LogP contribution >= 0.6 is 11.8 Å². The Morgan fingerprint density at radius 1 is 1.20 bits per heavy atom. The molecule has 4 rings (SSSR count). The predicted molar refractivity (Wildman–Crippen MR) is 93.5 cm³/mol. The van der Waals surface area contributed by atoms with Gasteiger partial charge in [-0.2, -0.15) is 0 Å². The highest BCUT2D eigenvalue weighted by Gasteiger charge is 2.23. The first kappa shape index (κ1) is 16.3. The number of aryl methyl sites for hydroxylation is 1. The van der Waals surface area contributed by atoms with Gasteiger partial charge in [-0.3, -0.25) is 4.79 Å². The zero-order chi connectivity index (χ0) is 17.2. The van der Waals surface area contributed by atoms with Gasteiger partial charge in [0.05, 0.1) is 6.04 Å². The molecular weight excluding hydrogens is 341 g/mol. The SMILES string of the molecule is O=C(CCc1ccc2c(c1)OCO2)NC1CCSc2ccc(F)cc21. The second-order valence-corrected chi connectivity index (χ2v) is 7.26. The average Bonchev–Trinajstić information content (AvgIpc) is 3.08. The second kappa shape index (κ2) is 6.96. The number of thioether (sulfide) groups is 1. The van der Waals surface area contributed by atoms with Crippen LogP contribution in [0.5, 0.6) is 11.5 Å². The molecule has 2 aliphatic rings. The third kappa shape index (κ3) is 3.58. The predicted octanol–water partition coefficient (Wildman–Crippen LogP) is 3.84. The number of rotatable bonds is 4. The van der Waals surface area contributed by atoms with Crippen LogP contribution in [0.15, 0.2) is 41.3 Å². The summed E-state index contributed by atoms with van der Waals surface area (Å²) in [5.74, 6) is 2.11. The summed E-state index contributed by atoms with van der Waals surface area (Å²) in [6, 6.07) is 10.4. The molecule has 130 valence electrons. The van der Waals surface area contributed by atoms with E-state index in [2.05, 4.69) is 5.32 Å². The Morgan fingerprint density at radius 3 is 3.00 bits per heavy atom.